The normalized spacial score (nSPS) is 15.1. The maximum atomic E-state index is 13.4. The van der Waals surface area contributed by atoms with E-state index >= 15 is 0 Å². The van der Waals surface area contributed by atoms with Gasteiger partial charge in [0.2, 0.25) is 0 Å². The number of nitrogens with one attached hydrogen (secondary N) is 1. The summed E-state index contributed by atoms with van der Waals surface area (Å²) in [5, 5.41) is 2.92. The average Bonchev–Trinajstić information content (AvgIpc) is 3.11. The summed E-state index contributed by atoms with van der Waals surface area (Å²) in [5.41, 5.74) is 2.24. The molecule has 0 aliphatic carbocycles. The van der Waals surface area contributed by atoms with Crippen LogP contribution >= 0.6 is 0 Å². The number of para-hydroxylation sites is 2. The van der Waals surface area contributed by atoms with E-state index in [0.29, 0.717) is 30.0 Å². The van der Waals surface area contributed by atoms with Gasteiger partial charge >= 0.3 is 6.03 Å². The molecule has 0 atom stereocenters. The van der Waals surface area contributed by atoms with Crippen LogP contribution in [0.4, 0.5) is 14.9 Å². The minimum absolute atomic E-state index is 0.129. The molecule has 2 heterocycles. The number of halogens is 1. The molecule has 7 heteroatoms. The second-order valence-electron chi connectivity index (χ2n) is 6.63. The molecule has 2 amide bonds. The van der Waals surface area contributed by atoms with Gasteiger partial charge in [0, 0.05) is 25.2 Å². The Hall–Kier alpha value is -3.09. The Morgan fingerprint density at radius 2 is 2.00 bits per heavy atom. The molecule has 0 bridgehead atoms. The standard InChI is InChI=1S/C20H21FN4O2/c1-27-19-5-3-2-4-16(19)23-20(26)24-10-8-15(9-11-24)25-13-22-17-12-14(21)6-7-18(17)25/h2-7,12-13,15H,8-11H2,1H3,(H,23,26). The number of anilines is 1. The van der Waals surface area contributed by atoms with Crippen molar-refractivity contribution in [2.45, 2.75) is 18.9 Å². The van der Waals surface area contributed by atoms with E-state index < -0.39 is 0 Å². The monoisotopic (exact) mass is 368 g/mol. The minimum atomic E-state index is -0.282. The van der Waals surface area contributed by atoms with Crippen molar-refractivity contribution >= 4 is 22.8 Å². The lowest BCUT2D eigenvalue weighted by Crippen LogP contribution is -2.41. The third-order valence-electron chi connectivity index (χ3n) is 5.03. The fourth-order valence-corrected chi connectivity index (χ4v) is 3.59. The summed E-state index contributed by atoms with van der Waals surface area (Å²) in [7, 11) is 1.58. The molecule has 0 spiro atoms. The Labute approximate surface area is 156 Å². The number of ether oxygens (including phenoxy) is 1. The maximum Gasteiger partial charge on any atom is 0.321 e. The zero-order valence-electron chi connectivity index (χ0n) is 15.1. The first kappa shape index (κ1) is 17.3. The predicted octanol–water partition coefficient (Wildman–Crippen LogP) is 4.05. The molecule has 1 fully saturated rings. The van der Waals surface area contributed by atoms with E-state index in [-0.39, 0.29) is 17.9 Å². The molecule has 27 heavy (non-hydrogen) atoms. The first-order chi connectivity index (χ1) is 13.2. The molecule has 1 aromatic heterocycles. The number of piperidine rings is 1. The SMILES string of the molecule is COc1ccccc1NC(=O)N1CCC(n2cnc3cc(F)ccc32)CC1. The van der Waals surface area contributed by atoms with Gasteiger partial charge in [0.1, 0.15) is 11.6 Å². The summed E-state index contributed by atoms with van der Waals surface area (Å²) in [4.78, 5) is 18.7. The van der Waals surface area contributed by atoms with Gasteiger partial charge in [0.15, 0.2) is 0 Å². The van der Waals surface area contributed by atoms with Gasteiger partial charge in [-0.15, -0.1) is 0 Å². The predicted molar refractivity (Wildman–Crippen MR) is 102 cm³/mol. The highest BCUT2D eigenvalue weighted by Gasteiger charge is 2.25. The van der Waals surface area contributed by atoms with Crippen molar-refractivity contribution in [3.8, 4) is 5.75 Å². The number of urea groups is 1. The van der Waals surface area contributed by atoms with Crippen LogP contribution in [-0.2, 0) is 0 Å². The van der Waals surface area contributed by atoms with Crippen LogP contribution in [0.25, 0.3) is 11.0 Å². The molecule has 3 aromatic rings. The van der Waals surface area contributed by atoms with Crippen LogP contribution in [0.5, 0.6) is 5.75 Å². The second kappa shape index (κ2) is 7.26. The largest absolute Gasteiger partial charge is 0.495 e. The van der Waals surface area contributed by atoms with E-state index in [1.165, 1.54) is 12.1 Å². The van der Waals surface area contributed by atoms with Crippen LogP contribution < -0.4 is 10.1 Å². The summed E-state index contributed by atoms with van der Waals surface area (Å²) in [6.07, 6.45) is 3.41. The molecule has 1 N–H and O–H groups in total. The number of methoxy groups -OCH3 is 1. The number of carbonyl (C=O) groups is 1. The van der Waals surface area contributed by atoms with Gasteiger partial charge in [-0.3, -0.25) is 0 Å². The average molecular weight is 368 g/mol. The maximum absolute atomic E-state index is 13.4. The summed E-state index contributed by atoms with van der Waals surface area (Å²) in [6.45, 7) is 1.29. The molecule has 0 radical (unpaired) electrons. The van der Waals surface area contributed by atoms with Gasteiger partial charge < -0.3 is 19.5 Å². The number of aromatic nitrogens is 2. The second-order valence-corrected chi connectivity index (χ2v) is 6.63. The topological polar surface area (TPSA) is 59.4 Å². The van der Waals surface area contributed by atoms with Crippen LogP contribution in [0.2, 0.25) is 0 Å². The van der Waals surface area contributed by atoms with Crippen molar-refractivity contribution in [1.82, 2.24) is 14.5 Å². The van der Waals surface area contributed by atoms with Gasteiger partial charge in [-0.2, -0.15) is 0 Å². The Bertz CT molecular complexity index is 964. The van der Waals surface area contributed by atoms with E-state index in [1.54, 1.807) is 19.5 Å². The number of hydrogen-bond acceptors (Lipinski definition) is 3. The van der Waals surface area contributed by atoms with Crippen molar-refractivity contribution in [3.63, 3.8) is 0 Å². The lowest BCUT2D eigenvalue weighted by molar-refractivity contribution is 0.184. The van der Waals surface area contributed by atoms with Gasteiger partial charge in [-0.05, 0) is 37.1 Å². The summed E-state index contributed by atoms with van der Waals surface area (Å²) in [5.74, 6) is 0.355. The van der Waals surface area contributed by atoms with Gasteiger partial charge in [-0.25, -0.2) is 14.2 Å². The molecule has 0 saturated carbocycles. The van der Waals surface area contributed by atoms with E-state index in [0.717, 1.165) is 18.4 Å². The lowest BCUT2D eigenvalue weighted by Gasteiger charge is -2.33. The van der Waals surface area contributed by atoms with E-state index in [1.807, 2.05) is 29.2 Å². The first-order valence-electron chi connectivity index (χ1n) is 8.97. The highest BCUT2D eigenvalue weighted by Crippen LogP contribution is 2.28. The Kier molecular flexibility index (Phi) is 4.66. The zero-order valence-corrected chi connectivity index (χ0v) is 15.1. The van der Waals surface area contributed by atoms with E-state index in [9.17, 15) is 9.18 Å². The van der Waals surface area contributed by atoms with Crippen LogP contribution in [-0.4, -0.2) is 40.7 Å². The van der Waals surface area contributed by atoms with Gasteiger partial charge in [-0.1, -0.05) is 12.1 Å². The van der Waals surface area contributed by atoms with E-state index in [4.69, 9.17) is 4.74 Å². The number of benzene rings is 2. The minimum Gasteiger partial charge on any atom is -0.495 e. The van der Waals surface area contributed by atoms with Crippen molar-refractivity contribution in [3.05, 3.63) is 54.6 Å². The number of likely N-dealkylation sites (tertiary alicyclic amines) is 1. The highest BCUT2D eigenvalue weighted by molar-refractivity contribution is 5.91. The number of fused-ring (bicyclic) bond motifs is 1. The first-order valence-corrected chi connectivity index (χ1v) is 8.97. The third kappa shape index (κ3) is 3.45. The highest BCUT2D eigenvalue weighted by atomic mass is 19.1. The van der Waals surface area contributed by atoms with Crippen molar-refractivity contribution in [1.29, 1.82) is 0 Å². The van der Waals surface area contributed by atoms with Crippen molar-refractivity contribution in [2.75, 3.05) is 25.5 Å². The molecule has 6 nitrogen and oxygen atoms in total. The fraction of sp³-hybridized carbons (Fsp3) is 0.300. The van der Waals surface area contributed by atoms with Crippen LogP contribution in [0.1, 0.15) is 18.9 Å². The molecule has 2 aromatic carbocycles. The molecule has 1 aliphatic rings. The number of carbonyl (C=O) groups excluding carboxylic acids is 1. The van der Waals surface area contributed by atoms with Crippen molar-refractivity contribution < 1.29 is 13.9 Å². The lowest BCUT2D eigenvalue weighted by atomic mass is 10.0. The number of hydrogen-bond donors (Lipinski definition) is 1. The molecule has 1 saturated heterocycles. The number of amides is 2. The Morgan fingerprint density at radius 3 is 2.78 bits per heavy atom. The molecular weight excluding hydrogens is 347 g/mol. The Balaban J connectivity index is 1.41. The van der Waals surface area contributed by atoms with Gasteiger partial charge in [0.25, 0.3) is 0 Å². The number of imidazole rings is 1. The number of nitrogens with zero attached hydrogens (tertiary/aromatic N) is 3. The zero-order chi connectivity index (χ0) is 18.8. The van der Waals surface area contributed by atoms with E-state index in [2.05, 4.69) is 14.9 Å². The third-order valence-corrected chi connectivity index (χ3v) is 5.03. The summed E-state index contributed by atoms with van der Waals surface area (Å²) >= 11 is 0. The number of rotatable bonds is 3. The summed E-state index contributed by atoms with van der Waals surface area (Å²) in [6, 6.07) is 12.1. The molecule has 0 unspecified atom stereocenters. The van der Waals surface area contributed by atoms with Crippen LogP contribution in [0, 0.1) is 5.82 Å². The molecular formula is C20H21FN4O2. The van der Waals surface area contributed by atoms with Crippen molar-refractivity contribution in [2.24, 2.45) is 0 Å². The van der Waals surface area contributed by atoms with Crippen LogP contribution in [0.15, 0.2) is 48.8 Å². The quantitative estimate of drug-likeness (QED) is 0.759. The Morgan fingerprint density at radius 1 is 1.22 bits per heavy atom. The fourth-order valence-electron chi connectivity index (χ4n) is 3.59. The molecule has 140 valence electrons. The molecule has 4 rings (SSSR count). The smallest absolute Gasteiger partial charge is 0.321 e. The molecule has 1 aliphatic heterocycles. The van der Waals surface area contributed by atoms with Gasteiger partial charge in [0.05, 0.1) is 30.2 Å². The van der Waals surface area contributed by atoms with Crippen LogP contribution in [0.3, 0.4) is 0 Å². The summed E-state index contributed by atoms with van der Waals surface area (Å²) < 4.78 is 20.7.